The normalized spacial score (nSPS) is 13.3. The van der Waals surface area contributed by atoms with E-state index in [0.29, 0.717) is 9.20 Å². The molecule has 3 rings (SSSR count). The van der Waals surface area contributed by atoms with Gasteiger partial charge in [-0.1, -0.05) is 30.3 Å². The van der Waals surface area contributed by atoms with Gasteiger partial charge in [-0.05, 0) is 47.9 Å². The minimum absolute atomic E-state index is 0.185. The van der Waals surface area contributed by atoms with Gasteiger partial charge in [0.05, 0.1) is 23.3 Å². The summed E-state index contributed by atoms with van der Waals surface area (Å²) in [6.45, 7) is 3.63. The molecule has 0 aliphatic heterocycles. The number of amides is 1. The molecule has 3 aromatic rings. The molecule has 1 amide bonds. The Morgan fingerprint density at radius 2 is 2.00 bits per heavy atom. The highest BCUT2D eigenvalue weighted by atomic mass is 32.1. The van der Waals surface area contributed by atoms with Gasteiger partial charge in [0.15, 0.2) is 0 Å². The van der Waals surface area contributed by atoms with E-state index >= 15 is 0 Å². The van der Waals surface area contributed by atoms with Crippen LogP contribution in [0.3, 0.4) is 0 Å². The second-order valence-corrected chi connectivity index (χ2v) is 8.34. The summed E-state index contributed by atoms with van der Waals surface area (Å²) in [5, 5.41) is 6.74. The molecule has 0 spiro atoms. The molecule has 0 aliphatic carbocycles. The van der Waals surface area contributed by atoms with Crippen molar-refractivity contribution in [2.45, 2.75) is 26.4 Å². The highest BCUT2D eigenvalue weighted by Gasteiger charge is 2.14. The fraction of sp³-hybridized carbons (Fsp3) is 0.227. The van der Waals surface area contributed by atoms with Crippen molar-refractivity contribution >= 4 is 46.7 Å². The second-order valence-electron chi connectivity index (χ2n) is 6.49. The van der Waals surface area contributed by atoms with Crippen LogP contribution in [0, 0.1) is 0 Å². The van der Waals surface area contributed by atoms with Crippen LogP contribution >= 0.6 is 22.7 Å². The number of aromatic nitrogens is 1. The number of nitrogens with one attached hydrogen (secondary N) is 1. The van der Waals surface area contributed by atoms with Gasteiger partial charge in [-0.3, -0.25) is 14.2 Å². The van der Waals surface area contributed by atoms with Gasteiger partial charge in [-0.15, -0.1) is 11.3 Å². The number of esters is 1. The maximum Gasteiger partial charge on any atom is 0.333 e. The van der Waals surface area contributed by atoms with Gasteiger partial charge in [-0.2, -0.15) is 11.3 Å². The number of thiophene rings is 1. The van der Waals surface area contributed by atoms with E-state index < -0.39 is 5.97 Å². The lowest BCUT2D eigenvalue weighted by Crippen LogP contribution is -2.39. The first-order valence-corrected chi connectivity index (χ1v) is 11.2. The lowest BCUT2D eigenvalue weighted by atomic mass is 10.1. The fourth-order valence-corrected chi connectivity index (χ4v) is 4.49. The van der Waals surface area contributed by atoms with Crippen LogP contribution in [0.25, 0.3) is 12.2 Å². The van der Waals surface area contributed by atoms with E-state index in [2.05, 4.69) is 5.32 Å². The van der Waals surface area contributed by atoms with E-state index in [9.17, 15) is 14.4 Å². The predicted molar refractivity (Wildman–Crippen MR) is 120 cm³/mol. The summed E-state index contributed by atoms with van der Waals surface area (Å²) in [5.74, 6) is -0.862. The van der Waals surface area contributed by atoms with Crippen molar-refractivity contribution in [3.8, 4) is 0 Å². The van der Waals surface area contributed by atoms with Crippen molar-refractivity contribution < 1.29 is 14.3 Å². The Kier molecular flexibility index (Phi) is 7.37. The SMILES string of the molecule is CCOC(=O)/C=c1\s/c(=C\c2ccsc2)c(=O)n1CC(=O)N[C@@H](C)c1ccccc1. The monoisotopic (exact) mass is 442 g/mol. The zero-order valence-electron chi connectivity index (χ0n) is 16.7. The summed E-state index contributed by atoms with van der Waals surface area (Å²) in [6, 6.07) is 11.3. The van der Waals surface area contributed by atoms with Crippen LogP contribution in [-0.2, 0) is 20.9 Å². The molecule has 0 fully saturated rings. The first-order valence-electron chi connectivity index (χ1n) is 9.44. The number of rotatable bonds is 7. The lowest BCUT2D eigenvalue weighted by molar-refractivity contribution is -0.135. The van der Waals surface area contributed by atoms with Crippen molar-refractivity contribution in [3.63, 3.8) is 0 Å². The van der Waals surface area contributed by atoms with Crippen molar-refractivity contribution in [2.75, 3.05) is 6.61 Å². The van der Waals surface area contributed by atoms with Crippen LogP contribution in [0.5, 0.6) is 0 Å². The number of thiazole rings is 1. The smallest absolute Gasteiger partial charge is 0.333 e. The number of ether oxygens (including phenoxy) is 1. The molecule has 8 heteroatoms. The highest BCUT2D eigenvalue weighted by molar-refractivity contribution is 7.08. The molecule has 156 valence electrons. The predicted octanol–water partition coefficient (Wildman–Crippen LogP) is 2.02. The third-order valence-electron chi connectivity index (χ3n) is 4.28. The molecule has 0 bridgehead atoms. The summed E-state index contributed by atoms with van der Waals surface area (Å²) in [4.78, 5) is 37.5. The molecular weight excluding hydrogens is 420 g/mol. The Balaban J connectivity index is 1.92. The first-order chi connectivity index (χ1) is 14.5. The van der Waals surface area contributed by atoms with E-state index in [1.165, 1.54) is 22.0 Å². The summed E-state index contributed by atoms with van der Waals surface area (Å²) in [5.41, 5.74) is 1.55. The molecule has 0 radical (unpaired) electrons. The van der Waals surface area contributed by atoms with Crippen molar-refractivity contribution in [2.24, 2.45) is 0 Å². The average molecular weight is 443 g/mol. The molecule has 1 N–H and O–H groups in total. The number of nitrogens with zero attached hydrogens (tertiary/aromatic N) is 1. The molecule has 1 atom stereocenters. The summed E-state index contributed by atoms with van der Waals surface area (Å²) < 4.78 is 7.11. The Morgan fingerprint density at radius 1 is 1.23 bits per heavy atom. The third kappa shape index (κ3) is 5.55. The average Bonchev–Trinajstić information content (AvgIpc) is 3.33. The van der Waals surface area contributed by atoms with E-state index in [-0.39, 0.29) is 30.7 Å². The number of benzene rings is 1. The van der Waals surface area contributed by atoms with Gasteiger partial charge in [0.2, 0.25) is 5.91 Å². The van der Waals surface area contributed by atoms with Gasteiger partial charge in [0.25, 0.3) is 5.56 Å². The Morgan fingerprint density at radius 3 is 2.67 bits per heavy atom. The molecule has 1 aromatic carbocycles. The lowest BCUT2D eigenvalue weighted by Gasteiger charge is -2.14. The van der Waals surface area contributed by atoms with E-state index in [1.807, 2.05) is 54.1 Å². The minimum Gasteiger partial charge on any atom is -0.463 e. The summed E-state index contributed by atoms with van der Waals surface area (Å²) >= 11 is 2.69. The van der Waals surface area contributed by atoms with Gasteiger partial charge < -0.3 is 10.1 Å². The highest BCUT2D eigenvalue weighted by Crippen LogP contribution is 2.10. The summed E-state index contributed by atoms with van der Waals surface area (Å²) in [6.07, 6.45) is 3.02. The quantitative estimate of drug-likeness (QED) is 0.568. The molecule has 0 saturated carbocycles. The van der Waals surface area contributed by atoms with Crippen LogP contribution in [-0.4, -0.2) is 23.1 Å². The molecule has 30 heavy (non-hydrogen) atoms. The maximum absolute atomic E-state index is 12.9. The van der Waals surface area contributed by atoms with Gasteiger partial charge in [0, 0.05) is 0 Å². The van der Waals surface area contributed by atoms with Gasteiger partial charge in [-0.25, -0.2) is 4.79 Å². The fourth-order valence-electron chi connectivity index (χ4n) is 2.84. The van der Waals surface area contributed by atoms with Gasteiger partial charge >= 0.3 is 5.97 Å². The Bertz CT molecular complexity index is 1180. The van der Waals surface area contributed by atoms with Crippen LogP contribution in [0.1, 0.15) is 31.0 Å². The Hall–Kier alpha value is -2.97. The minimum atomic E-state index is -0.548. The summed E-state index contributed by atoms with van der Waals surface area (Å²) in [7, 11) is 0. The van der Waals surface area contributed by atoms with Crippen LogP contribution in [0.15, 0.2) is 52.0 Å². The molecule has 0 unspecified atom stereocenters. The standard InChI is InChI=1S/C22H22N2O4S2/c1-3-28-21(26)12-20-24(22(27)18(30-20)11-16-9-10-29-14-16)13-19(25)23-15(2)17-7-5-4-6-8-17/h4-12,14-15H,3,13H2,1-2H3,(H,23,25)/b18-11-,20-12-/t15-/m0/s1. The zero-order chi connectivity index (χ0) is 21.5. The van der Waals surface area contributed by atoms with Crippen molar-refractivity contribution in [3.05, 3.63) is 77.8 Å². The second kappa shape index (κ2) is 10.2. The van der Waals surface area contributed by atoms with Crippen LogP contribution < -0.4 is 20.1 Å². The largest absolute Gasteiger partial charge is 0.463 e. The molecule has 0 aliphatic rings. The van der Waals surface area contributed by atoms with Crippen molar-refractivity contribution in [1.29, 1.82) is 0 Å². The number of carbonyl (C=O) groups excluding carboxylic acids is 2. The molecule has 0 saturated heterocycles. The molecule has 6 nitrogen and oxygen atoms in total. The van der Waals surface area contributed by atoms with Gasteiger partial charge in [0.1, 0.15) is 11.2 Å². The molecule has 2 aromatic heterocycles. The molecular formula is C22H22N2O4S2. The first kappa shape index (κ1) is 21.7. The zero-order valence-corrected chi connectivity index (χ0v) is 18.3. The Labute approximate surface area is 181 Å². The third-order valence-corrected chi connectivity index (χ3v) is 6.05. The van der Waals surface area contributed by atoms with Crippen LogP contribution in [0.2, 0.25) is 0 Å². The molecule has 2 heterocycles. The topological polar surface area (TPSA) is 77.4 Å². The van der Waals surface area contributed by atoms with E-state index in [0.717, 1.165) is 22.5 Å². The van der Waals surface area contributed by atoms with Crippen LogP contribution in [0.4, 0.5) is 0 Å². The number of carbonyl (C=O) groups is 2. The van der Waals surface area contributed by atoms with E-state index in [1.54, 1.807) is 13.0 Å². The van der Waals surface area contributed by atoms with Crippen molar-refractivity contribution in [1.82, 2.24) is 9.88 Å². The number of hydrogen-bond donors (Lipinski definition) is 1. The van der Waals surface area contributed by atoms with E-state index in [4.69, 9.17) is 4.74 Å². The number of hydrogen-bond acceptors (Lipinski definition) is 6. The maximum atomic E-state index is 12.9.